The quantitative estimate of drug-likeness (QED) is 0.107. The van der Waals surface area contributed by atoms with Gasteiger partial charge in [-0.1, -0.05) is 122 Å². The third-order valence-electron chi connectivity index (χ3n) is 8.78. The number of hydrogen-bond acceptors (Lipinski definition) is 4. The number of rotatable bonds is 22. The SMILES string of the molecule is CCCCCCCCOC1(OCCCCCCCC)CC(C)(C)N(OCCc2ccccc2)C(CC)(CC)C1. The molecule has 0 aromatic heterocycles. The Morgan fingerprint density at radius 3 is 1.67 bits per heavy atom. The molecule has 4 nitrogen and oxygen atoms in total. The minimum Gasteiger partial charge on any atom is -0.350 e. The molecule has 1 aromatic rings. The van der Waals surface area contributed by atoms with Gasteiger partial charge in [0.25, 0.3) is 0 Å². The monoisotopic (exact) mass is 545 g/mol. The van der Waals surface area contributed by atoms with Gasteiger partial charge in [-0.3, -0.25) is 4.84 Å². The highest BCUT2D eigenvalue weighted by Crippen LogP contribution is 2.49. The van der Waals surface area contributed by atoms with Gasteiger partial charge in [0.2, 0.25) is 0 Å². The first-order chi connectivity index (χ1) is 18.9. The van der Waals surface area contributed by atoms with E-state index in [-0.39, 0.29) is 11.1 Å². The van der Waals surface area contributed by atoms with Gasteiger partial charge in [-0.15, -0.1) is 0 Å². The molecule has 0 bridgehead atoms. The Bertz CT molecular complexity index is 713. The maximum absolute atomic E-state index is 6.83. The first-order valence-electron chi connectivity index (χ1n) is 16.6. The lowest BCUT2D eigenvalue weighted by Gasteiger charge is -2.59. The van der Waals surface area contributed by atoms with Crippen molar-refractivity contribution in [3.8, 4) is 0 Å². The van der Waals surface area contributed by atoms with Crippen LogP contribution in [-0.4, -0.2) is 41.7 Å². The van der Waals surface area contributed by atoms with Crippen molar-refractivity contribution in [3.05, 3.63) is 35.9 Å². The predicted molar refractivity (Wildman–Crippen MR) is 166 cm³/mol. The smallest absolute Gasteiger partial charge is 0.171 e. The molecular weight excluding hydrogens is 482 g/mol. The predicted octanol–water partition coefficient (Wildman–Crippen LogP) is 10.0. The van der Waals surface area contributed by atoms with Crippen LogP contribution in [0.4, 0.5) is 0 Å². The normalized spacial score (nSPS) is 18.4. The van der Waals surface area contributed by atoms with Crippen LogP contribution in [0.1, 0.15) is 150 Å². The molecule has 226 valence electrons. The van der Waals surface area contributed by atoms with Crippen LogP contribution in [0.2, 0.25) is 0 Å². The van der Waals surface area contributed by atoms with Gasteiger partial charge in [-0.2, -0.15) is 5.06 Å². The van der Waals surface area contributed by atoms with Gasteiger partial charge in [0.05, 0.1) is 25.4 Å². The average molecular weight is 546 g/mol. The zero-order chi connectivity index (χ0) is 28.5. The minimum atomic E-state index is -0.540. The fourth-order valence-electron chi connectivity index (χ4n) is 6.53. The third-order valence-corrected chi connectivity index (χ3v) is 8.78. The minimum absolute atomic E-state index is 0.110. The van der Waals surface area contributed by atoms with E-state index in [4.69, 9.17) is 14.3 Å². The van der Waals surface area contributed by atoms with E-state index in [0.29, 0.717) is 6.61 Å². The Balaban J connectivity index is 2.09. The van der Waals surface area contributed by atoms with Crippen LogP contribution in [-0.2, 0) is 20.7 Å². The van der Waals surface area contributed by atoms with Gasteiger partial charge >= 0.3 is 0 Å². The van der Waals surface area contributed by atoms with Gasteiger partial charge < -0.3 is 9.47 Å². The molecule has 39 heavy (non-hydrogen) atoms. The summed E-state index contributed by atoms with van der Waals surface area (Å²) in [5, 5.41) is 2.35. The zero-order valence-corrected chi connectivity index (χ0v) is 26.7. The third kappa shape index (κ3) is 11.5. The lowest BCUT2D eigenvalue weighted by atomic mass is 9.73. The summed E-state index contributed by atoms with van der Waals surface area (Å²) in [7, 11) is 0. The van der Waals surface area contributed by atoms with Crippen LogP contribution in [0, 0.1) is 0 Å². The zero-order valence-electron chi connectivity index (χ0n) is 26.7. The summed E-state index contributed by atoms with van der Waals surface area (Å²) in [6, 6.07) is 10.7. The van der Waals surface area contributed by atoms with Crippen molar-refractivity contribution in [2.75, 3.05) is 19.8 Å². The van der Waals surface area contributed by atoms with Gasteiger partial charge in [0.15, 0.2) is 5.79 Å². The summed E-state index contributed by atoms with van der Waals surface area (Å²) in [4.78, 5) is 6.68. The van der Waals surface area contributed by atoms with Crippen LogP contribution in [0.25, 0.3) is 0 Å². The summed E-state index contributed by atoms with van der Waals surface area (Å²) < 4.78 is 13.7. The van der Waals surface area contributed by atoms with E-state index in [1.807, 2.05) is 0 Å². The Labute approximate surface area is 242 Å². The lowest BCUT2D eigenvalue weighted by Crippen LogP contribution is -2.68. The fraction of sp³-hybridized carbons (Fsp3) is 0.829. The topological polar surface area (TPSA) is 30.9 Å². The van der Waals surface area contributed by atoms with Crippen molar-refractivity contribution in [2.45, 2.75) is 168 Å². The first-order valence-corrected chi connectivity index (χ1v) is 16.6. The second kappa shape index (κ2) is 18.5. The molecule has 1 aliphatic heterocycles. The highest BCUT2D eigenvalue weighted by molar-refractivity contribution is 5.14. The van der Waals surface area contributed by atoms with Crippen molar-refractivity contribution in [1.82, 2.24) is 5.06 Å². The number of benzene rings is 1. The Hall–Kier alpha value is -0.940. The van der Waals surface area contributed by atoms with Crippen LogP contribution in [0.5, 0.6) is 0 Å². The van der Waals surface area contributed by atoms with E-state index in [2.05, 4.69) is 76.9 Å². The fourth-order valence-corrected chi connectivity index (χ4v) is 6.53. The molecule has 0 atom stereocenters. The van der Waals surface area contributed by atoms with E-state index >= 15 is 0 Å². The molecule has 1 aliphatic rings. The molecule has 2 rings (SSSR count). The van der Waals surface area contributed by atoms with Crippen LogP contribution >= 0.6 is 0 Å². The second-order valence-corrected chi connectivity index (χ2v) is 12.6. The van der Waals surface area contributed by atoms with Crippen molar-refractivity contribution < 1.29 is 14.3 Å². The number of unbranched alkanes of at least 4 members (excludes halogenated alkanes) is 10. The maximum atomic E-state index is 6.83. The summed E-state index contributed by atoms with van der Waals surface area (Å²) in [5.41, 5.74) is 1.02. The molecule has 1 fully saturated rings. The Kier molecular flexibility index (Phi) is 16.2. The molecule has 0 radical (unpaired) electrons. The van der Waals surface area contributed by atoms with Gasteiger partial charge in [-0.25, -0.2) is 0 Å². The summed E-state index contributed by atoms with van der Waals surface area (Å²) in [5.74, 6) is -0.540. The molecule has 0 saturated carbocycles. The van der Waals surface area contributed by atoms with Gasteiger partial charge in [0.1, 0.15) is 0 Å². The Morgan fingerprint density at radius 1 is 0.641 bits per heavy atom. The van der Waals surface area contributed by atoms with E-state index in [0.717, 1.165) is 58.2 Å². The Morgan fingerprint density at radius 2 is 1.15 bits per heavy atom. The number of hydrogen-bond donors (Lipinski definition) is 0. The van der Waals surface area contributed by atoms with Crippen molar-refractivity contribution in [2.24, 2.45) is 0 Å². The summed E-state index contributed by atoms with van der Waals surface area (Å²) >= 11 is 0. The van der Waals surface area contributed by atoms with E-state index in [1.165, 1.54) is 69.8 Å². The molecule has 1 heterocycles. The molecule has 0 unspecified atom stereocenters. The lowest BCUT2D eigenvalue weighted by molar-refractivity contribution is -0.364. The van der Waals surface area contributed by atoms with Crippen LogP contribution < -0.4 is 0 Å². The molecule has 1 aromatic carbocycles. The molecule has 0 spiro atoms. The van der Waals surface area contributed by atoms with Crippen molar-refractivity contribution in [1.29, 1.82) is 0 Å². The maximum Gasteiger partial charge on any atom is 0.171 e. The van der Waals surface area contributed by atoms with Gasteiger partial charge in [-0.05, 0) is 51.5 Å². The number of nitrogens with zero attached hydrogens (tertiary/aromatic N) is 1. The first kappa shape index (κ1) is 34.3. The second-order valence-electron chi connectivity index (χ2n) is 12.6. The van der Waals surface area contributed by atoms with Crippen molar-refractivity contribution in [3.63, 3.8) is 0 Å². The highest BCUT2D eigenvalue weighted by atomic mass is 16.7. The van der Waals surface area contributed by atoms with E-state index < -0.39 is 5.79 Å². The largest absolute Gasteiger partial charge is 0.350 e. The summed E-state index contributed by atoms with van der Waals surface area (Å²) in [6.07, 6.45) is 20.0. The summed E-state index contributed by atoms with van der Waals surface area (Å²) in [6.45, 7) is 16.1. The molecule has 1 saturated heterocycles. The number of piperidine rings is 1. The average Bonchev–Trinajstić information content (AvgIpc) is 2.93. The van der Waals surface area contributed by atoms with E-state index in [9.17, 15) is 0 Å². The van der Waals surface area contributed by atoms with E-state index in [1.54, 1.807) is 0 Å². The highest BCUT2D eigenvalue weighted by Gasteiger charge is 2.57. The number of hydroxylamine groups is 2. The van der Waals surface area contributed by atoms with Crippen LogP contribution in [0.3, 0.4) is 0 Å². The molecule has 0 aliphatic carbocycles. The molecule has 0 amide bonds. The van der Waals surface area contributed by atoms with Crippen molar-refractivity contribution >= 4 is 0 Å². The number of ether oxygens (including phenoxy) is 2. The van der Waals surface area contributed by atoms with Crippen LogP contribution in [0.15, 0.2) is 30.3 Å². The molecule has 0 N–H and O–H groups in total. The molecule has 4 heteroatoms. The molecular formula is C35H63NO3. The standard InChI is InChI=1S/C35H63NO3/c1-7-11-13-15-17-22-27-37-35(38-28-23-18-16-14-12-8-2)30-33(5,6)36(34(9-3,10-4)31-35)39-29-26-32-24-20-19-21-25-32/h19-21,24-25H,7-18,22-23,26-31H2,1-6H3. The van der Waals surface area contributed by atoms with Gasteiger partial charge in [0, 0.05) is 18.4 Å².